The van der Waals surface area contributed by atoms with Crippen molar-refractivity contribution in [3.8, 4) is 0 Å². The number of nitrogens with zero attached hydrogens (tertiary/aromatic N) is 1. The lowest BCUT2D eigenvalue weighted by Gasteiger charge is -2.32. The summed E-state index contributed by atoms with van der Waals surface area (Å²) in [6.45, 7) is 6.26. The van der Waals surface area contributed by atoms with E-state index in [1.54, 1.807) is 11.8 Å². The molecule has 2 fully saturated rings. The number of anilines is 1. The molecule has 0 radical (unpaired) electrons. The number of hydrogen-bond acceptors (Lipinski definition) is 3. The summed E-state index contributed by atoms with van der Waals surface area (Å²) >= 11 is 0. The molecule has 4 amide bonds. The van der Waals surface area contributed by atoms with Crippen molar-refractivity contribution in [1.82, 2.24) is 15.5 Å². The van der Waals surface area contributed by atoms with Crippen LogP contribution in [0.4, 0.5) is 10.5 Å². The number of piperazine rings is 1. The maximum Gasteiger partial charge on any atom is 0.319 e. The molecule has 0 aliphatic carbocycles. The molecule has 0 bridgehead atoms. The first kappa shape index (κ1) is 17.3. The molecule has 7 nitrogen and oxygen atoms in total. The number of rotatable bonds is 3. The highest BCUT2D eigenvalue weighted by Gasteiger charge is 2.45. The van der Waals surface area contributed by atoms with E-state index >= 15 is 0 Å². The molecule has 2 saturated heterocycles. The zero-order chi connectivity index (χ0) is 18.1. The quantitative estimate of drug-likeness (QED) is 0.774. The number of benzene rings is 1. The van der Waals surface area contributed by atoms with Gasteiger partial charge in [-0.15, -0.1) is 0 Å². The zero-order valence-electron chi connectivity index (χ0n) is 14.7. The lowest BCUT2D eigenvalue weighted by molar-refractivity contribution is -0.146. The highest BCUT2D eigenvalue weighted by molar-refractivity contribution is 5.97. The van der Waals surface area contributed by atoms with Gasteiger partial charge in [-0.1, -0.05) is 26.0 Å². The molecule has 1 aromatic carbocycles. The van der Waals surface area contributed by atoms with Crippen molar-refractivity contribution in [3.63, 3.8) is 0 Å². The second-order valence-corrected chi connectivity index (χ2v) is 7.04. The van der Waals surface area contributed by atoms with Gasteiger partial charge in [0.15, 0.2) is 0 Å². The summed E-state index contributed by atoms with van der Waals surface area (Å²) in [5.74, 6) is 0.185. The van der Waals surface area contributed by atoms with Crippen molar-refractivity contribution in [3.05, 3.63) is 29.8 Å². The van der Waals surface area contributed by atoms with Gasteiger partial charge in [-0.25, -0.2) is 4.79 Å². The van der Waals surface area contributed by atoms with E-state index in [1.165, 1.54) is 5.56 Å². The van der Waals surface area contributed by atoms with Gasteiger partial charge in [0.1, 0.15) is 12.1 Å². The van der Waals surface area contributed by atoms with Crippen LogP contribution >= 0.6 is 0 Å². The van der Waals surface area contributed by atoms with Crippen LogP contribution in [0.5, 0.6) is 0 Å². The topological polar surface area (TPSA) is 90.5 Å². The molecule has 0 saturated carbocycles. The van der Waals surface area contributed by atoms with Gasteiger partial charge in [0.05, 0.1) is 6.04 Å². The molecule has 3 rings (SSSR count). The summed E-state index contributed by atoms with van der Waals surface area (Å²) < 4.78 is 0. The number of nitrogens with one attached hydrogen (secondary N) is 3. The van der Waals surface area contributed by atoms with Crippen molar-refractivity contribution in [2.45, 2.75) is 51.2 Å². The summed E-state index contributed by atoms with van der Waals surface area (Å²) in [7, 11) is 0. The van der Waals surface area contributed by atoms with Crippen LogP contribution in [-0.4, -0.2) is 47.4 Å². The first-order valence-electron chi connectivity index (χ1n) is 8.63. The van der Waals surface area contributed by atoms with Gasteiger partial charge in [0, 0.05) is 12.2 Å². The predicted molar refractivity (Wildman–Crippen MR) is 94.2 cm³/mol. The first-order chi connectivity index (χ1) is 11.8. The Morgan fingerprint density at radius 1 is 1.24 bits per heavy atom. The molecule has 134 valence electrons. The van der Waals surface area contributed by atoms with Crippen molar-refractivity contribution >= 4 is 23.5 Å². The van der Waals surface area contributed by atoms with Crippen LogP contribution in [-0.2, 0) is 9.59 Å². The van der Waals surface area contributed by atoms with Gasteiger partial charge in [-0.3, -0.25) is 9.59 Å². The fourth-order valence-electron chi connectivity index (χ4n) is 3.36. The van der Waals surface area contributed by atoms with Crippen LogP contribution < -0.4 is 16.0 Å². The van der Waals surface area contributed by atoms with E-state index in [-0.39, 0.29) is 23.9 Å². The second-order valence-electron chi connectivity index (χ2n) is 7.04. The average Bonchev–Trinajstić information content (AvgIpc) is 2.97. The average molecular weight is 344 g/mol. The van der Waals surface area contributed by atoms with Crippen LogP contribution in [0.15, 0.2) is 24.3 Å². The molecule has 1 aromatic rings. The molecular weight excluding hydrogens is 320 g/mol. The SMILES string of the molecule is CC(C)c1ccc(NC(=O)N[C@H]2C[C@H]3C(=O)N[C@@H](C)C(=O)N3C2)cc1. The zero-order valence-corrected chi connectivity index (χ0v) is 14.7. The monoisotopic (exact) mass is 344 g/mol. The van der Waals surface area contributed by atoms with E-state index < -0.39 is 12.1 Å². The van der Waals surface area contributed by atoms with Crippen LogP contribution in [0.3, 0.4) is 0 Å². The Hall–Kier alpha value is -2.57. The Bertz CT molecular complexity index is 686. The summed E-state index contributed by atoms with van der Waals surface area (Å²) in [6, 6.07) is 6.15. The van der Waals surface area contributed by atoms with Gasteiger partial charge >= 0.3 is 6.03 Å². The van der Waals surface area contributed by atoms with Crippen molar-refractivity contribution < 1.29 is 14.4 Å². The maximum atomic E-state index is 12.2. The highest BCUT2D eigenvalue weighted by Crippen LogP contribution is 2.23. The smallest absolute Gasteiger partial charge is 0.319 e. The number of hydrogen-bond donors (Lipinski definition) is 3. The molecule has 3 N–H and O–H groups in total. The number of carbonyl (C=O) groups is 3. The molecule has 25 heavy (non-hydrogen) atoms. The molecular formula is C18H24N4O3. The third-order valence-corrected chi connectivity index (χ3v) is 4.79. The van der Waals surface area contributed by atoms with E-state index in [9.17, 15) is 14.4 Å². The van der Waals surface area contributed by atoms with E-state index in [2.05, 4.69) is 29.8 Å². The minimum absolute atomic E-state index is 0.0985. The predicted octanol–water partition coefficient (Wildman–Crippen LogP) is 1.42. The summed E-state index contributed by atoms with van der Waals surface area (Å²) in [6.07, 6.45) is 0.435. The van der Waals surface area contributed by atoms with Crippen LogP contribution in [0, 0.1) is 0 Å². The highest BCUT2D eigenvalue weighted by atomic mass is 16.2. The summed E-state index contributed by atoms with van der Waals surface area (Å²) in [5, 5.41) is 8.32. The third kappa shape index (κ3) is 3.60. The van der Waals surface area contributed by atoms with E-state index in [0.717, 1.165) is 0 Å². The Kier molecular flexibility index (Phi) is 4.65. The standard InChI is InChI=1S/C18H24N4O3/c1-10(2)12-4-6-13(7-5-12)20-18(25)21-14-8-15-16(23)19-11(3)17(24)22(15)9-14/h4-7,10-11,14-15H,8-9H2,1-3H3,(H,19,23)(H2,20,21,25)/t11-,14-,15-/m0/s1. The lowest BCUT2D eigenvalue weighted by atomic mass is 10.0. The van der Waals surface area contributed by atoms with Gasteiger partial charge in [0.25, 0.3) is 0 Å². The minimum atomic E-state index is -0.504. The fraction of sp³-hybridized carbons (Fsp3) is 0.500. The van der Waals surface area contributed by atoms with E-state index in [1.807, 2.05) is 24.3 Å². The Labute approximate surface area is 147 Å². The van der Waals surface area contributed by atoms with Crippen LogP contribution in [0.2, 0.25) is 0 Å². The molecule has 0 spiro atoms. The van der Waals surface area contributed by atoms with E-state index in [0.29, 0.717) is 24.6 Å². The van der Waals surface area contributed by atoms with Crippen LogP contribution in [0.1, 0.15) is 38.7 Å². The van der Waals surface area contributed by atoms with Crippen LogP contribution in [0.25, 0.3) is 0 Å². The number of carbonyl (C=O) groups excluding carboxylic acids is 3. The van der Waals surface area contributed by atoms with Crippen molar-refractivity contribution in [2.75, 3.05) is 11.9 Å². The van der Waals surface area contributed by atoms with Gasteiger partial charge < -0.3 is 20.9 Å². The summed E-state index contributed by atoms with van der Waals surface area (Å²) in [4.78, 5) is 37.9. The first-order valence-corrected chi connectivity index (χ1v) is 8.63. The van der Waals surface area contributed by atoms with Crippen molar-refractivity contribution in [2.24, 2.45) is 0 Å². The molecule has 2 heterocycles. The Balaban J connectivity index is 1.57. The summed E-state index contributed by atoms with van der Waals surface area (Å²) in [5.41, 5.74) is 1.91. The molecule has 7 heteroatoms. The largest absolute Gasteiger partial charge is 0.343 e. The van der Waals surface area contributed by atoms with Gasteiger partial charge in [-0.2, -0.15) is 0 Å². The van der Waals surface area contributed by atoms with E-state index in [4.69, 9.17) is 0 Å². The minimum Gasteiger partial charge on any atom is -0.343 e. The second kappa shape index (κ2) is 6.74. The number of fused-ring (bicyclic) bond motifs is 1. The molecule has 3 atom stereocenters. The van der Waals surface area contributed by atoms with Crippen molar-refractivity contribution in [1.29, 1.82) is 0 Å². The van der Waals surface area contributed by atoms with Gasteiger partial charge in [-0.05, 0) is 37.0 Å². The molecule has 0 aromatic heterocycles. The lowest BCUT2D eigenvalue weighted by Crippen LogP contribution is -2.60. The molecule has 2 aliphatic heterocycles. The molecule has 0 unspecified atom stereocenters. The number of amides is 4. The normalized spacial score (nSPS) is 25.6. The Morgan fingerprint density at radius 3 is 2.56 bits per heavy atom. The molecule has 2 aliphatic rings. The fourth-order valence-corrected chi connectivity index (χ4v) is 3.36. The van der Waals surface area contributed by atoms with Gasteiger partial charge in [0.2, 0.25) is 11.8 Å². The maximum absolute atomic E-state index is 12.2. The number of urea groups is 1. The third-order valence-electron chi connectivity index (χ3n) is 4.79. The Morgan fingerprint density at radius 2 is 1.92 bits per heavy atom.